The molecule has 0 radical (unpaired) electrons. The third kappa shape index (κ3) is 5.25. The molecule has 19 heavy (non-hydrogen) atoms. The molecule has 8 heteroatoms. The Labute approximate surface area is 110 Å². The second kappa shape index (κ2) is 6.50. The van der Waals surface area contributed by atoms with E-state index in [2.05, 4.69) is 4.72 Å². The Balaban J connectivity index is 2.72. The van der Waals surface area contributed by atoms with E-state index in [0.717, 1.165) is 0 Å². The van der Waals surface area contributed by atoms with Crippen molar-refractivity contribution in [2.24, 2.45) is 0 Å². The largest absolute Gasteiger partial charge is 0.482 e. The number of hydrogen-bond donors (Lipinski definition) is 3. The fourth-order valence-corrected chi connectivity index (χ4v) is 2.30. The number of sulfonamides is 1. The second-order valence-electron chi connectivity index (χ2n) is 3.85. The van der Waals surface area contributed by atoms with E-state index >= 15 is 0 Å². The van der Waals surface area contributed by atoms with Crippen LogP contribution in [0.4, 0.5) is 0 Å². The number of rotatable bonds is 7. The third-order valence-electron chi connectivity index (χ3n) is 2.07. The Bertz CT molecular complexity index is 523. The molecule has 0 bridgehead atoms. The van der Waals surface area contributed by atoms with Crippen LogP contribution in [0.1, 0.15) is 6.92 Å². The first kappa shape index (κ1) is 15.4. The van der Waals surface area contributed by atoms with Crippen molar-refractivity contribution in [3.8, 4) is 5.75 Å². The number of hydrogen-bond acceptors (Lipinski definition) is 5. The number of aliphatic hydroxyl groups is 1. The lowest BCUT2D eigenvalue weighted by atomic mass is 10.3. The topological polar surface area (TPSA) is 113 Å². The lowest BCUT2D eigenvalue weighted by Crippen LogP contribution is -2.30. The number of carboxylic acid groups (broad SMARTS) is 1. The van der Waals surface area contributed by atoms with Crippen LogP contribution in [0.25, 0.3) is 0 Å². The minimum atomic E-state index is -3.69. The van der Waals surface area contributed by atoms with Crippen molar-refractivity contribution in [3.05, 3.63) is 24.3 Å². The number of carboxylic acids is 1. The first-order valence-electron chi connectivity index (χ1n) is 5.43. The van der Waals surface area contributed by atoms with E-state index in [1.807, 2.05) is 0 Å². The average Bonchev–Trinajstić information content (AvgIpc) is 2.34. The number of ether oxygens (including phenoxy) is 1. The Kier molecular flexibility index (Phi) is 5.28. The Morgan fingerprint density at radius 2 is 1.95 bits per heavy atom. The molecule has 1 aromatic rings. The minimum Gasteiger partial charge on any atom is -0.482 e. The van der Waals surface area contributed by atoms with Crippen molar-refractivity contribution < 1.29 is 28.2 Å². The molecule has 0 aliphatic heterocycles. The zero-order chi connectivity index (χ0) is 14.5. The van der Waals surface area contributed by atoms with E-state index in [9.17, 15) is 13.2 Å². The summed E-state index contributed by atoms with van der Waals surface area (Å²) in [5, 5.41) is 17.5. The van der Waals surface area contributed by atoms with Gasteiger partial charge in [0.05, 0.1) is 11.0 Å². The highest BCUT2D eigenvalue weighted by Gasteiger charge is 2.14. The molecule has 0 spiro atoms. The van der Waals surface area contributed by atoms with Crippen LogP contribution in [0.15, 0.2) is 29.2 Å². The fourth-order valence-electron chi connectivity index (χ4n) is 1.17. The molecule has 106 valence electrons. The molecule has 7 nitrogen and oxygen atoms in total. The van der Waals surface area contributed by atoms with Gasteiger partial charge in [0, 0.05) is 6.54 Å². The highest BCUT2D eigenvalue weighted by molar-refractivity contribution is 7.89. The van der Waals surface area contributed by atoms with Crippen molar-refractivity contribution in [1.29, 1.82) is 0 Å². The van der Waals surface area contributed by atoms with Crippen LogP contribution in [0.5, 0.6) is 5.75 Å². The van der Waals surface area contributed by atoms with Gasteiger partial charge in [0.2, 0.25) is 10.0 Å². The molecule has 0 amide bonds. The summed E-state index contributed by atoms with van der Waals surface area (Å²) in [6, 6.07) is 5.31. The summed E-state index contributed by atoms with van der Waals surface area (Å²) in [4.78, 5) is 10.3. The number of aliphatic carboxylic acids is 1. The molecule has 0 heterocycles. The lowest BCUT2D eigenvalue weighted by Gasteiger charge is -2.09. The van der Waals surface area contributed by atoms with Crippen molar-refractivity contribution in [3.63, 3.8) is 0 Å². The van der Waals surface area contributed by atoms with Gasteiger partial charge in [0.15, 0.2) is 6.61 Å². The maximum atomic E-state index is 11.8. The van der Waals surface area contributed by atoms with E-state index in [1.165, 1.54) is 31.2 Å². The standard InChI is InChI=1S/C11H15NO6S/c1-8(13)6-12-19(16,17)10-4-2-9(3-5-10)18-7-11(14)15/h2-5,8,12-13H,6-7H2,1H3,(H,14,15). The molecule has 0 aliphatic rings. The van der Waals surface area contributed by atoms with Crippen LogP contribution >= 0.6 is 0 Å². The number of benzene rings is 1. The van der Waals surface area contributed by atoms with Gasteiger partial charge in [0.1, 0.15) is 5.75 Å². The van der Waals surface area contributed by atoms with Crippen LogP contribution in [-0.4, -0.2) is 43.9 Å². The molecular weight excluding hydrogens is 274 g/mol. The normalized spacial score (nSPS) is 12.9. The summed E-state index contributed by atoms with van der Waals surface area (Å²) in [6.45, 7) is 0.886. The van der Waals surface area contributed by atoms with E-state index in [1.54, 1.807) is 0 Å². The summed E-state index contributed by atoms with van der Waals surface area (Å²) in [5.74, 6) is -0.854. The summed E-state index contributed by atoms with van der Waals surface area (Å²) in [7, 11) is -3.69. The third-order valence-corrected chi connectivity index (χ3v) is 3.50. The zero-order valence-electron chi connectivity index (χ0n) is 10.2. The van der Waals surface area contributed by atoms with Gasteiger partial charge in [-0.15, -0.1) is 0 Å². The van der Waals surface area contributed by atoms with Gasteiger partial charge in [0.25, 0.3) is 0 Å². The van der Waals surface area contributed by atoms with Crippen LogP contribution in [0.2, 0.25) is 0 Å². The predicted molar refractivity (Wildman–Crippen MR) is 66.4 cm³/mol. The van der Waals surface area contributed by atoms with Crippen molar-refractivity contribution in [2.45, 2.75) is 17.9 Å². The Morgan fingerprint density at radius 1 is 1.37 bits per heavy atom. The molecular formula is C11H15NO6S. The summed E-state index contributed by atoms with van der Waals surface area (Å²) in [5.41, 5.74) is 0. The summed E-state index contributed by atoms with van der Waals surface area (Å²) in [6.07, 6.45) is -0.784. The van der Waals surface area contributed by atoms with Gasteiger partial charge >= 0.3 is 5.97 Å². The number of carbonyl (C=O) groups is 1. The first-order chi connectivity index (χ1) is 8.81. The minimum absolute atomic E-state index is 0.0100. The maximum Gasteiger partial charge on any atom is 0.341 e. The summed E-state index contributed by atoms with van der Waals surface area (Å²) >= 11 is 0. The first-order valence-corrected chi connectivity index (χ1v) is 6.92. The Morgan fingerprint density at radius 3 is 2.42 bits per heavy atom. The van der Waals surface area contributed by atoms with Crippen molar-refractivity contribution >= 4 is 16.0 Å². The monoisotopic (exact) mass is 289 g/mol. The molecule has 0 saturated carbocycles. The maximum absolute atomic E-state index is 11.8. The highest BCUT2D eigenvalue weighted by atomic mass is 32.2. The molecule has 1 aromatic carbocycles. The van der Waals surface area contributed by atoms with Crippen molar-refractivity contribution in [2.75, 3.05) is 13.2 Å². The number of nitrogens with one attached hydrogen (secondary N) is 1. The molecule has 1 rings (SSSR count). The van der Waals surface area contributed by atoms with Crippen molar-refractivity contribution in [1.82, 2.24) is 4.72 Å². The number of aliphatic hydroxyl groups excluding tert-OH is 1. The molecule has 3 N–H and O–H groups in total. The SMILES string of the molecule is CC(O)CNS(=O)(=O)c1ccc(OCC(=O)O)cc1. The van der Waals surface area contributed by atoms with Gasteiger partial charge in [-0.2, -0.15) is 0 Å². The molecule has 0 aliphatic carbocycles. The van der Waals surface area contributed by atoms with Crippen LogP contribution in [-0.2, 0) is 14.8 Å². The average molecular weight is 289 g/mol. The van der Waals surface area contributed by atoms with E-state index in [4.69, 9.17) is 14.9 Å². The zero-order valence-corrected chi connectivity index (χ0v) is 11.1. The van der Waals surface area contributed by atoms with Crippen LogP contribution in [0.3, 0.4) is 0 Å². The smallest absolute Gasteiger partial charge is 0.341 e. The van der Waals surface area contributed by atoms with E-state index < -0.39 is 28.7 Å². The van der Waals surface area contributed by atoms with Gasteiger partial charge < -0.3 is 14.9 Å². The Hall–Kier alpha value is -1.64. The molecule has 0 fully saturated rings. The molecule has 0 saturated heterocycles. The predicted octanol–water partition coefficient (Wildman–Crippen LogP) is -0.191. The van der Waals surface area contributed by atoms with Crippen LogP contribution in [0, 0.1) is 0 Å². The van der Waals surface area contributed by atoms with Gasteiger partial charge in [-0.05, 0) is 31.2 Å². The van der Waals surface area contributed by atoms with E-state index in [-0.39, 0.29) is 17.2 Å². The van der Waals surface area contributed by atoms with Gasteiger partial charge in [-0.3, -0.25) is 0 Å². The van der Waals surface area contributed by atoms with Crippen LogP contribution < -0.4 is 9.46 Å². The van der Waals surface area contributed by atoms with Gasteiger partial charge in [-0.25, -0.2) is 17.9 Å². The fraction of sp³-hybridized carbons (Fsp3) is 0.364. The molecule has 0 aromatic heterocycles. The van der Waals surface area contributed by atoms with Gasteiger partial charge in [-0.1, -0.05) is 0 Å². The molecule has 1 atom stereocenters. The van der Waals surface area contributed by atoms with E-state index in [0.29, 0.717) is 0 Å². The highest BCUT2D eigenvalue weighted by Crippen LogP contribution is 2.15. The second-order valence-corrected chi connectivity index (χ2v) is 5.62. The summed E-state index contributed by atoms with van der Waals surface area (Å²) < 4.78 is 30.6. The quantitative estimate of drug-likeness (QED) is 0.641. The molecule has 1 unspecified atom stereocenters. The lowest BCUT2D eigenvalue weighted by molar-refractivity contribution is -0.139.